The molecule has 0 aliphatic heterocycles. The van der Waals surface area contributed by atoms with Crippen molar-refractivity contribution in [3.8, 4) is 0 Å². The first-order valence-electron chi connectivity index (χ1n) is 6.27. The molecule has 0 radical (unpaired) electrons. The summed E-state index contributed by atoms with van der Waals surface area (Å²) in [7, 11) is 0. The van der Waals surface area contributed by atoms with Gasteiger partial charge >= 0.3 is 0 Å². The minimum absolute atomic E-state index is 0.480. The average molecular weight is 264 g/mol. The lowest BCUT2D eigenvalue weighted by molar-refractivity contribution is 0.470. The predicted molar refractivity (Wildman–Crippen MR) is 74.7 cm³/mol. The molecule has 0 aromatic carbocycles. The van der Waals surface area contributed by atoms with Crippen molar-refractivity contribution in [3.63, 3.8) is 0 Å². The second-order valence-electron chi connectivity index (χ2n) is 4.60. The zero-order chi connectivity index (χ0) is 13.0. The number of aryl methyl sites for hydroxylation is 3. The molecule has 98 valence electrons. The summed E-state index contributed by atoms with van der Waals surface area (Å²) in [6.45, 7) is 8.16. The number of hydrogen-bond acceptors (Lipinski definition) is 4. The van der Waals surface area contributed by atoms with Crippen molar-refractivity contribution in [3.05, 3.63) is 34.3 Å². The SMILES string of the molecule is Cc1nc(CN[C@H](C)CCn2ccnc2C)cs1. The molecule has 2 aromatic rings. The number of hydrogen-bond donors (Lipinski definition) is 1. The second-order valence-corrected chi connectivity index (χ2v) is 5.66. The number of imidazole rings is 1. The monoisotopic (exact) mass is 264 g/mol. The average Bonchev–Trinajstić information content (AvgIpc) is 2.93. The van der Waals surface area contributed by atoms with Crippen molar-refractivity contribution in [2.45, 2.75) is 46.3 Å². The van der Waals surface area contributed by atoms with Gasteiger partial charge in [0.2, 0.25) is 0 Å². The van der Waals surface area contributed by atoms with Gasteiger partial charge in [0.15, 0.2) is 0 Å². The van der Waals surface area contributed by atoms with Crippen molar-refractivity contribution in [1.82, 2.24) is 19.9 Å². The van der Waals surface area contributed by atoms with E-state index in [0.717, 1.165) is 36.0 Å². The van der Waals surface area contributed by atoms with Crippen LogP contribution in [0.5, 0.6) is 0 Å². The van der Waals surface area contributed by atoms with Gasteiger partial charge in [-0.2, -0.15) is 0 Å². The fourth-order valence-electron chi connectivity index (χ4n) is 1.84. The van der Waals surface area contributed by atoms with Gasteiger partial charge < -0.3 is 9.88 Å². The van der Waals surface area contributed by atoms with Crippen LogP contribution < -0.4 is 5.32 Å². The van der Waals surface area contributed by atoms with Crippen molar-refractivity contribution in [2.75, 3.05) is 0 Å². The lowest BCUT2D eigenvalue weighted by atomic mass is 10.2. The zero-order valence-electron chi connectivity index (χ0n) is 11.2. The Kier molecular flexibility index (Phi) is 4.49. The standard InChI is InChI=1S/C13H20N4S/c1-10(4-6-17-7-5-14-11(17)2)15-8-13-9-18-12(3)16-13/h5,7,9-10,15H,4,6,8H2,1-3H3/t10-/m1/s1. The Hall–Kier alpha value is -1.20. The van der Waals surface area contributed by atoms with Crippen LogP contribution in [0.4, 0.5) is 0 Å². The van der Waals surface area contributed by atoms with E-state index >= 15 is 0 Å². The van der Waals surface area contributed by atoms with E-state index in [1.54, 1.807) is 11.3 Å². The van der Waals surface area contributed by atoms with Crippen LogP contribution in [0.3, 0.4) is 0 Å². The van der Waals surface area contributed by atoms with Crippen molar-refractivity contribution < 1.29 is 0 Å². The molecule has 18 heavy (non-hydrogen) atoms. The maximum absolute atomic E-state index is 4.45. The number of thiazole rings is 1. The molecule has 2 aromatic heterocycles. The van der Waals surface area contributed by atoms with Gasteiger partial charge in [0, 0.05) is 36.9 Å². The third-order valence-corrected chi connectivity index (χ3v) is 3.85. The highest BCUT2D eigenvalue weighted by Gasteiger charge is 2.05. The topological polar surface area (TPSA) is 42.7 Å². The van der Waals surface area contributed by atoms with Crippen LogP contribution in [0.2, 0.25) is 0 Å². The molecule has 0 unspecified atom stereocenters. The molecule has 0 amide bonds. The van der Waals surface area contributed by atoms with E-state index in [-0.39, 0.29) is 0 Å². The Morgan fingerprint density at radius 3 is 2.89 bits per heavy atom. The second kappa shape index (κ2) is 6.11. The third-order valence-electron chi connectivity index (χ3n) is 3.02. The molecule has 1 atom stereocenters. The molecule has 0 bridgehead atoms. The minimum atomic E-state index is 0.480. The summed E-state index contributed by atoms with van der Waals surface area (Å²) in [5, 5.41) is 6.76. The smallest absolute Gasteiger partial charge is 0.105 e. The third kappa shape index (κ3) is 3.65. The first-order chi connectivity index (χ1) is 8.65. The molecule has 0 aliphatic rings. The van der Waals surface area contributed by atoms with Crippen LogP contribution >= 0.6 is 11.3 Å². The summed E-state index contributed by atoms with van der Waals surface area (Å²) in [6, 6.07) is 0.480. The van der Waals surface area contributed by atoms with Gasteiger partial charge in [0.1, 0.15) is 5.82 Å². The number of aromatic nitrogens is 3. The molecule has 5 heteroatoms. The Morgan fingerprint density at radius 1 is 1.44 bits per heavy atom. The van der Waals surface area contributed by atoms with Crippen molar-refractivity contribution in [2.24, 2.45) is 0 Å². The van der Waals surface area contributed by atoms with Gasteiger partial charge in [-0.15, -0.1) is 11.3 Å². The summed E-state index contributed by atoms with van der Waals surface area (Å²) in [4.78, 5) is 8.67. The summed E-state index contributed by atoms with van der Waals surface area (Å²) < 4.78 is 2.19. The van der Waals surface area contributed by atoms with E-state index in [9.17, 15) is 0 Å². The Morgan fingerprint density at radius 2 is 2.28 bits per heavy atom. The van der Waals surface area contributed by atoms with E-state index in [2.05, 4.69) is 32.2 Å². The largest absolute Gasteiger partial charge is 0.335 e. The van der Waals surface area contributed by atoms with Crippen LogP contribution in [-0.2, 0) is 13.1 Å². The highest BCUT2D eigenvalue weighted by Crippen LogP contribution is 2.08. The first kappa shape index (κ1) is 13.2. The molecular formula is C13H20N4S. The van der Waals surface area contributed by atoms with Gasteiger partial charge in [-0.05, 0) is 27.2 Å². The van der Waals surface area contributed by atoms with Crippen LogP contribution in [-0.4, -0.2) is 20.6 Å². The van der Waals surface area contributed by atoms with E-state index in [0.29, 0.717) is 6.04 Å². The fourth-order valence-corrected chi connectivity index (χ4v) is 2.46. The Bertz CT molecular complexity index is 489. The normalized spacial score (nSPS) is 12.8. The molecule has 0 aliphatic carbocycles. The van der Waals surface area contributed by atoms with Crippen molar-refractivity contribution in [1.29, 1.82) is 0 Å². The van der Waals surface area contributed by atoms with E-state index in [4.69, 9.17) is 0 Å². The summed E-state index contributed by atoms with van der Waals surface area (Å²) in [6.07, 6.45) is 4.98. The number of nitrogens with zero attached hydrogens (tertiary/aromatic N) is 3. The Balaban J connectivity index is 1.72. The molecule has 0 saturated heterocycles. The first-order valence-corrected chi connectivity index (χ1v) is 7.15. The highest BCUT2D eigenvalue weighted by atomic mass is 32.1. The van der Waals surface area contributed by atoms with Gasteiger partial charge in [0.25, 0.3) is 0 Å². The van der Waals surface area contributed by atoms with Crippen LogP contribution in [0, 0.1) is 13.8 Å². The highest BCUT2D eigenvalue weighted by molar-refractivity contribution is 7.09. The molecule has 0 saturated carbocycles. The lowest BCUT2D eigenvalue weighted by Crippen LogP contribution is -2.27. The van der Waals surface area contributed by atoms with Crippen LogP contribution in [0.25, 0.3) is 0 Å². The van der Waals surface area contributed by atoms with E-state index < -0.39 is 0 Å². The van der Waals surface area contributed by atoms with Gasteiger partial charge in [-0.25, -0.2) is 9.97 Å². The van der Waals surface area contributed by atoms with E-state index in [1.807, 2.05) is 26.2 Å². The summed E-state index contributed by atoms with van der Waals surface area (Å²) in [5.74, 6) is 1.08. The molecule has 2 heterocycles. The molecule has 0 spiro atoms. The number of nitrogens with one attached hydrogen (secondary N) is 1. The molecular weight excluding hydrogens is 244 g/mol. The lowest BCUT2D eigenvalue weighted by Gasteiger charge is -2.13. The summed E-state index contributed by atoms with van der Waals surface area (Å²) in [5.41, 5.74) is 1.14. The maximum atomic E-state index is 4.45. The van der Waals surface area contributed by atoms with Crippen molar-refractivity contribution >= 4 is 11.3 Å². The fraction of sp³-hybridized carbons (Fsp3) is 0.538. The summed E-state index contributed by atoms with van der Waals surface area (Å²) >= 11 is 1.71. The van der Waals surface area contributed by atoms with Gasteiger partial charge in [0.05, 0.1) is 10.7 Å². The molecule has 2 rings (SSSR count). The predicted octanol–water partition coefficient (Wildman–Crippen LogP) is 2.52. The van der Waals surface area contributed by atoms with Crippen LogP contribution in [0.15, 0.2) is 17.8 Å². The van der Waals surface area contributed by atoms with E-state index in [1.165, 1.54) is 0 Å². The van der Waals surface area contributed by atoms with Crippen LogP contribution in [0.1, 0.15) is 29.9 Å². The molecule has 4 nitrogen and oxygen atoms in total. The molecule has 0 fully saturated rings. The number of rotatable bonds is 6. The van der Waals surface area contributed by atoms with Gasteiger partial charge in [-0.1, -0.05) is 0 Å². The maximum Gasteiger partial charge on any atom is 0.105 e. The quantitative estimate of drug-likeness (QED) is 0.872. The Labute approximate surface area is 112 Å². The van der Waals surface area contributed by atoms with Gasteiger partial charge in [-0.3, -0.25) is 0 Å². The zero-order valence-corrected chi connectivity index (χ0v) is 12.0. The molecule has 1 N–H and O–H groups in total. The minimum Gasteiger partial charge on any atom is -0.335 e.